The van der Waals surface area contributed by atoms with Gasteiger partial charge in [-0.15, -0.1) is 12.4 Å². The molecule has 1 saturated heterocycles. The van der Waals surface area contributed by atoms with Gasteiger partial charge in [0.05, 0.1) is 0 Å². The Hall–Kier alpha value is -0.840. The van der Waals surface area contributed by atoms with Crippen molar-refractivity contribution in [1.29, 1.82) is 0 Å². The van der Waals surface area contributed by atoms with Crippen molar-refractivity contribution < 1.29 is 0 Å². The molecule has 0 saturated carbocycles. The molecule has 5 heteroatoms. The Morgan fingerprint density at radius 3 is 2.75 bits per heavy atom. The summed E-state index contributed by atoms with van der Waals surface area (Å²) in [6, 6.07) is 5.33. The van der Waals surface area contributed by atoms with E-state index in [0.717, 1.165) is 25.5 Å². The molecular weight excluding hydrogens is 272 g/mol. The molecule has 20 heavy (non-hydrogen) atoms. The van der Waals surface area contributed by atoms with Crippen LogP contribution in [0.5, 0.6) is 0 Å². The molecule has 4 nitrogen and oxygen atoms in total. The number of halogens is 1. The zero-order chi connectivity index (χ0) is 13.8. The number of nitrogens with two attached hydrogens (primary N) is 1. The van der Waals surface area contributed by atoms with E-state index in [1.165, 1.54) is 18.4 Å². The van der Waals surface area contributed by atoms with Crippen LogP contribution in [0.3, 0.4) is 0 Å². The fourth-order valence-electron chi connectivity index (χ4n) is 2.59. The topological polar surface area (TPSA) is 45.4 Å². The van der Waals surface area contributed by atoms with E-state index in [4.69, 9.17) is 5.73 Å². The van der Waals surface area contributed by atoms with E-state index in [1.807, 2.05) is 6.20 Å². The highest BCUT2D eigenvalue weighted by Gasteiger charge is 2.22. The van der Waals surface area contributed by atoms with Crippen molar-refractivity contribution in [3.8, 4) is 0 Å². The van der Waals surface area contributed by atoms with E-state index in [1.54, 1.807) is 0 Å². The summed E-state index contributed by atoms with van der Waals surface area (Å²) in [5.74, 6) is 1.04. The average Bonchev–Trinajstić information content (AvgIpc) is 2.86. The molecule has 1 fully saturated rings. The summed E-state index contributed by atoms with van der Waals surface area (Å²) in [4.78, 5) is 9.22. The highest BCUT2D eigenvalue weighted by Crippen LogP contribution is 2.20. The van der Waals surface area contributed by atoms with Gasteiger partial charge in [0.1, 0.15) is 5.82 Å². The van der Waals surface area contributed by atoms with Gasteiger partial charge in [0, 0.05) is 38.4 Å². The van der Waals surface area contributed by atoms with Crippen LogP contribution in [0.2, 0.25) is 0 Å². The fraction of sp³-hybridized carbons (Fsp3) is 0.667. The third kappa shape index (κ3) is 4.08. The largest absolute Gasteiger partial charge is 0.357 e. The van der Waals surface area contributed by atoms with Crippen molar-refractivity contribution in [3.05, 3.63) is 23.9 Å². The van der Waals surface area contributed by atoms with Crippen molar-refractivity contribution >= 4 is 18.2 Å². The van der Waals surface area contributed by atoms with Crippen molar-refractivity contribution in [3.63, 3.8) is 0 Å². The lowest BCUT2D eigenvalue weighted by atomic mass is 10.2. The third-order valence-corrected chi connectivity index (χ3v) is 4.10. The molecule has 0 aliphatic carbocycles. The lowest BCUT2D eigenvalue weighted by Crippen LogP contribution is -2.34. The van der Waals surface area contributed by atoms with Crippen molar-refractivity contribution in [2.75, 3.05) is 25.0 Å². The standard InChI is InChI=1S/C15H26N4.ClH/c1-12(2)18(3)15-7-6-13(10-17-15)11-19-8-4-5-14(19)9-16;/h6-7,10,12,14H,4-5,8-9,11,16H2,1-3H3;1H. The number of rotatable bonds is 5. The van der Waals surface area contributed by atoms with Gasteiger partial charge in [-0.05, 0) is 44.9 Å². The van der Waals surface area contributed by atoms with E-state index in [0.29, 0.717) is 12.1 Å². The summed E-state index contributed by atoms with van der Waals surface area (Å²) in [7, 11) is 2.08. The smallest absolute Gasteiger partial charge is 0.128 e. The molecule has 2 rings (SSSR count). The maximum atomic E-state index is 5.81. The minimum Gasteiger partial charge on any atom is -0.357 e. The van der Waals surface area contributed by atoms with E-state index < -0.39 is 0 Å². The summed E-state index contributed by atoms with van der Waals surface area (Å²) >= 11 is 0. The number of anilines is 1. The van der Waals surface area contributed by atoms with Gasteiger partial charge in [-0.1, -0.05) is 6.07 Å². The number of pyridine rings is 1. The molecule has 0 amide bonds. The first-order chi connectivity index (χ1) is 9.11. The van der Waals surface area contributed by atoms with Crippen molar-refractivity contribution in [2.45, 2.75) is 45.3 Å². The monoisotopic (exact) mass is 298 g/mol. The molecule has 1 aromatic heterocycles. The Labute approximate surface area is 128 Å². The van der Waals surface area contributed by atoms with Gasteiger partial charge in [-0.25, -0.2) is 4.98 Å². The van der Waals surface area contributed by atoms with Crippen LogP contribution in [0.25, 0.3) is 0 Å². The van der Waals surface area contributed by atoms with Crippen LogP contribution in [0.15, 0.2) is 18.3 Å². The van der Waals surface area contributed by atoms with Gasteiger partial charge >= 0.3 is 0 Å². The predicted octanol–water partition coefficient (Wildman–Crippen LogP) is 2.27. The quantitative estimate of drug-likeness (QED) is 0.906. The lowest BCUT2D eigenvalue weighted by molar-refractivity contribution is 0.250. The average molecular weight is 299 g/mol. The number of likely N-dealkylation sites (tertiary alicyclic amines) is 1. The second-order valence-electron chi connectivity index (χ2n) is 5.73. The van der Waals surface area contributed by atoms with Gasteiger partial charge < -0.3 is 10.6 Å². The van der Waals surface area contributed by atoms with Crippen LogP contribution in [0.1, 0.15) is 32.3 Å². The summed E-state index contributed by atoms with van der Waals surface area (Å²) in [5, 5.41) is 0. The summed E-state index contributed by atoms with van der Waals surface area (Å²) in [6.07, 6.45) is 4.50. The summed E-state index contributed by atoms with van der Waals surface area (Å²) in [5.41, 5.74) is 7.09. The van der Waals surface area contributed by atoms with E-state index in [9.17, 15) is 0 Å². The molecule has 1 aliphatic rings. The van der Waals surface area contributed by atoms with Gasteiger partial charge in [0.25, 0.3) is 0 Å². The van der Waals surface area contributed by atoms with E-state index >= 15 is 0 Å². The number of aromatic nitrogens is 1. The molecule has 1 aliphatic heterocycles. The van der Waals surface area contributed by atoms with Crippen LogP contribution in [0.4, 0.5) is 5.82 Å². The van der Waals surface area contributed by atoms with Crippen LogP contribution < -0.4 is 10.6 Å². The van der Waals surface area contributed by atoms with Crippen molar-refractivity contribution in [1.82, 2.24) is 9.88 Å². The number of hydrogen-bond acceptors (Lipinski definition) is 4. The molecule has 2 heterocycles. The van der Waals surface area contributed by atoms with Crippen LogP contribution in [-0.2, 0) is 6.54 Å². The van der Waals surface area contributed by atoms with Crippen LogP contribution in [0, 0.1) is 0 Å². The first kappa shape index (κ1) is 17.2. The first-order valence-electron chi connectivity index (χ1n) is 7.23. The molecule has 114 valence electrons. The zero-order valence-corrected chi connectivity index (χ0v) is 13.6. The van der Waals surface area contributed by atoms with Gasteiger partial charge in [0.2, 0.25) is 0 Å². The molecule has 1 atom stereocenters. The predicted molar refractivity (Wildman–Crippen MR) is 87.5 cm³/mol. The molecular formula is C15H27ClN4. The lowest BCUT2D eigenvalue weighted by Gasteiger charge is -2.24. The molecule has 1 unspecified atom stereocenters. The molecule has 0 radical (unpaired) electrons. The highest BCUT2D eigenvalue weighted by atomic mass is 35.5. The summed E-state index contributed by atoms with van der Waals surface area (Å²) < 4.78 is 0. The minimum absolute atomic E-state index is 0. The van der Waals surface area contributed by atoms with E-state index in [-0.39, 0.29) is 12.4 Å². The van der Waals surface area contributed by atoms with Crippen LogP contribution in [-0.4, -0.2) is 42.1 Å². The van der Waals surface area contributed by atoms with Gasteiger partial charge in [0.15, 0.2) is 0 Å². The maximum absolute atomic E-state index is 5.81. The first-order valence-corrected chi connectivity index (χ1v) is 7.23. The zero-order valence-electron chi connectivity index (χ0n) is 12.7. The Morgan fingerprint density at radius 1 is 1.45 bits per heavy atom. The SMILES string of the molecule is CC(C)N(C)c1ccc(CN2CCCC2CN)cn1.Cl. The van der Waals surface area contributed by atoms with Crippen LogP contribution >= 0.6 is 12.4 Å². The highest BCUT2D eigenvalue weighted by molar-refractivity contribution is 5.85. The fourth-order valence-corrected chi connectivity index (χ4v) is 2.59. The molecule has 0 aromatic carbocycles. The number of nitrogens with zero attached hydrogens (tertiary/aromatic N) is 3. The van der Waals surface area contributed by atoms with E-state index in [2.05, 4.69) is 47.8 Å². The Bertz CT molecular complexity index is 393. The van der Waals surface area contributed by atoms with Gasteiger partial charge in [-0.3, -0.25) is 4.90 Å². The second kappa shape index (κ2) is 7.81. The second-order valence-corrected chi connectivity index (χ2v) is 5.73. The normalized spacial score (nSPS) is 19.1. The molecule has 0 spiro atoms. The maximum Gasteiger partial charge on any atom is 0.128 e. The summed E-state index contributed by atoms with van der Waals surface area (Å²) in [6.45, 7) is 7.25. The molecule has 0 bridgehead atoms. The molecule has 1 aromatic rings. The Balaban J connectivity index is 0.00000200. The van der Waals surface area contributed by atoms with Crippen molar-refractivity contribution in [2.24, 2.45) is 5.73 Å². The number of hydrogen-bond donors (Lipinski definition) is 1. The van der Waals surface area contributed by atoms with Gasteiger partial charge in [-0.2, -0.15) is 0 Å². The minimum atomic E-state index is 0. The third-order valence-electron chi connectivity index (χ3n) is 4.10. The Morgan fingerprint density at radius 2 is 2.20 bits per heavy atom. The molecule has 2 N–H and O–H groups in total. The Kier molecular flexibility index (Phi) is 6.72.